The van der Waals surface area contributed by atoms with Gasteiger partial charge in [0, 0.05) is 49.1 Å². The zero-order valence-electron chi connectivity index (χ0n) is 21.0. The van der Waals surface area contributed by atoms with Gasteiger partial charge in [0.05, 0.1) is 11.6 Å². The van der Waals surface area contributed by atoms with Crippen molar-refractivity contribution in [1.29, 1.82) is 0 Å². The van der Waals surface area contributed by atoms with Crippen molar-refractivity contribution < 1.29 is 19.3 Å². The summed E-state index contributed by atoms with van der Waals surface area (Å²) in [5, 5.41) is 11.3. The summed E-state index contributed by atoms with van der Waals surface area (Å²) in [6.45, 7) is 4.17. The van der Waals surface area contributed by atoms with Gasteiger partial charge in [-0.2, -0.15) is 0 Å². The van der Waals surface area contributed by atoms with Crippen LogP contribution >= 0.6 is 0 Å². The smallest absolute Gasteiger partial charge is 0.273 e. The van der Waals surface area contributed by atoms with Crippen molar-refractivity contribution in [3.63, 3.8) is 0 Å². The number of anilines is 1. The summed E-state index contributed by atoms with van der Waals surface area (Å²) in [5.41, 5.74) is 0.740. The average molecular weight is 506 g/mol. The molecule has 3 amide bonds. The van der Waals surface area contributed by atoms with Crippen molar-refractivity contribution in [1.82, 2.24) is 14.7 Å². The number of rotatable bonds is 5. The van der Waals surface area contributed by atoms with Gasteiger partial charge >= 0.3 is 0 Å². The minimum absolute atomic E-state index is 0.0236. The molecule has 2 aromatic carbocycles. The van der Waals surface area contributed by atoms with Crippen molar-refractivity contribution in [3.8, 4) is 0 Å². The molecule has 194 valence electrons. The second-order valence-electron chi connectivity index (χ2n) is 10.1. The maximum absolute atomic E-state index is 13.9. The lowest BCUT2D eigenvalue weighted by Crippen LogP contribution is -2.57. The largest absolute Gasteiger partial charge is 0.341 e. The number of benzene rings is 2. The van der Waals surface area contributed by atoms with E-state index in [0.717, 1.165) is 31.6 Å². The summed E-state index contributed by atoms with van der Waals surface area (Å²) >= 11 is 0. The number of amides is 3. The van der Waals surface area contributed by atoms with Crippen LogP contribution in [0, 0.1) is 17.0 Å². The molecule has 10 heteroatoms. The van der Waals surface area contributed by atoms with Crippen molar-refractivity contribution in [2.24, 2.45) is 0 Å². The molecule has 0 radical (unpaired) electrons. The summed E-state index contributed by atoms with van der Waals surface area (Å²) in [4.78, 5) is 58.0. The highest BCUT2D eigenvalue weighted by molar-refractivity contribution is 5.98. The van der Waals surface area contributed by atoms with Gasteiger partial charge in [-0.1, -0.05) is 24.3 Å². The fraction of sp³-hybridized carbons (Fsp3) is 0.444. The van der Waals surface area contributed by atoms with Crippen LogP contribution < -0.4 is 4.90 Å². The number of carbonyl (C=O) groups is 3. The van der Waals surface area contributed by atoms with Gasteiger partial charge in [-0.25, -0.2) is 0 Å². The first-order valence-corrected chi connectivity index (χ1v) is 12.7. The lowest BCUT2D eigenvalue weighted by atomic mass is 9.85. The maximum Gasteiger partial charge on any atom is 0.273 e. The molecular formula is C27H31N5O5. The van der Waals surface area contributed by atoms with Crippen molar-refractivity contribution >= 4 is 29.1 Å². The van der Waals surface area contributed by atoms with Gasteiger partial charge in [0.15, 0.2) is 0 Å². The third kappa shape index (κ3) is 4.52. The molecule has 0 aromatic heterocycles. The van der Waals surface area contributed by atoms with Gasteiger partial charge in [0.1, 0.15) is 12.1 Å². The fourth-order valence-corrected chi connectivity index (χ4v) is 5.75. The molecular weight excluding hydrogens is 474 g/mol. The molecule has 0 unspecified atom stereocenters. The number of piperidine rings is 1. The Kier molecular flexibility index (Phi) is 6.57. The molecule has 1 spiro atoms. The summed E-state index contributed by atoms with van der Waals surface area (Å²) < 4.78 is 0. The van der Waals surface area contributed by atoms with Crippen LogP contribution in [0.2, 0.25) is 0 Å². The van der Waals surface area contributed by atoms with Crippen LogP contribution in [-0.2, 0) is 9.59 Å². The van der Waals surface area contributed by atoms with E-state index in [1.165, 1.54) is 6.07 Å². The molecule has 3 aliphatic rings. The lowest BCUT2D eigenvalue weighted by molar-refractivity contribution is -0.385. The summed E-state index contributed by atoms with van der Waals surface area (Å²) in [5.74, 6) is -0.387. The Labute approximate surface area is 215 Å². The standard InChI is InChI=1S/C27H31N5O5/c1-20-9-10-21(17-23(20)32(36)37)25(34)29-15-11-27(12-16-29)26(35)30(18-24(33)28-13-5-6-14-28)19-31(27)22-7-3-2-4-8-22/h2-4,7-10,17H,5-6,11-16,18-19H2,1H3. The molecule has 10 nitrogen and oxygen atoms in total. The van der Waals surface area contributed by atoms with Gasteiger partial charge in [-0.05, 0) is 50.8 Å². The van der Waals surface area contributed by atoms with E-state index in [9.17, 15) is 24.5 Å². The highest BCUT2D eigenvalue weighted by Gasteiger charge is 2.54. The van der Waals surface area contributed by atoms with E-state index >= 15 is 0 Å². The Hall–Kier alpha value is -3.95. The normalized spacial score (nSPS) is 19.1. The number of carbonyl (C=O) groups excluding carboxylic acids is 3. The molecule has 3 heterocycles. The van der Waals surface area contributed by atoms with E-state index in [1.54, 1.807) is 28.9 Å². The number of hydrogen-bond acceptors (Lipinski definition) is 6. The quantitative estimate of drug-likeness (QED) is 0.457. The highest BCUT2D eigenvalue weighted by Crippen LogP contribution is 2.40. The molecule has 3 aliphatic heterocycles. The number of likely N-dealkylation sites (tertiary alicyclic amines) is 2. The molecule has 0 aliphatic carbocycles. The summed E-state index contributed by atoms with van der Waals surface area (Å²) in [7, 11) is 0. The van der Waals surface area contributed by atoms with Crippen molar-refractivity contribution in [3.05, 3.63) is 69.8 Å². The Morgan fingerprint density at radius 1 is 0.973 bits per heavy atom. The number of hydrogen-bond donors (Lipinski definition) is 0. The number of nitro benzene ring substituents is 1. The average Bonchev–Trinajstić information content (AvgIpc) is 3.54. The van der Waals surface area contributed by atoms with Gasteiger partial charge in [0.25, 0.3) is 17.5 Å². The molecule has 0 atom stereocenters. The zero-order chi connectivity index (χ0) is 26.2. The molecule has 37 heavy (non-hydrogen) atoms. The van der Waals surface area contributed by atoms with Crippen LogP contribution in [0.5, 0.6) is 0 Å². The first-order chi connectivity index (χ1) is 17.8. The molecule has 0 bridgehead atoms. The second-order valence-corrected chi connectivity index (χ2v) is 10.1. The van der Waals surface area contributed by atoms with E-state index in [2.05, 4.69) is 4.90 Å². The number of aryl methyl sites for hydroxylation is 1. The molecule has 0 N–H and O–H groups in total. The monoisotopic (exact) mass is 505 g/mol. The van der Waals surface area contributed by atoms with Crippen LogP contribution in [0.3, 0.4) is 0 Å². The molecule has 0 saturated carbocycles. The predicted octanol–water partition coefficient (Wildman–Crippen LogP) is 2.81. The number of nitro groups is 1. The number of nitrogens with zero attached hydrogens (tertiary/aromatic N) is 5. The predicted molar refractivity (Wildman–Crippen MR) is 137 cm³/mol. The second kappa shape index (κ2) is 9.84. The molecule has 3 fully saturated rings. The Balaban J connectivity index is 1.36. The maximum atomic E-state index is 13.9. The lowest BCUT2D eigenvalue weighted by Gasteiger charge is -2.43. The van der Waals surface area contributed by atoms with Crippen LogP contribution in [0.25, 0.3) is 0 Å². The van der Waals surface area contributed by atoms with Crippen molar-refractivity contribution in [2.75, 3.05) is 44.3 Å². The fourth-order valence-electron chi connectivity index (χ4n) is 5.75. The minimum atomic E-state index is -0.845. The highest BCUT2D eigenvalue weighted by atomic mass is 16.6. The summed E-state index contributed by atoms with van der Waals surface area (Å²) in [6.07, 6.45) is 2.81. The van der Waals surface area contributed by atoms with Crippen molar-refractivity contribution in [2.45, 2.75) is 38.1 Å². The third-order valence-electron chi connectivity index (χ3n) is 7.90. The van der Waals surface area contributed by atoms with Crippen LogP contribution in [-0.4, -0.2) is 82.3 Å². The van der Waals surface area contributed by atoms with E-state index in [-0.39, 0.29) is 35.5 Å². The van der Waals surface area contributed by atoms with E-state index in [4.69, 9.17) is 0 Å². The van der Waals surface area contributed by atoms with Gasteiger partial charge in [-0.15, -0.1) is 0 Å². The first-order valence-electron chi connectivity index (χ1n) is 12.7. The number of para-hydroxylation sites is 1. The minimum Gasteiger partial charge on any atom is -0.341 e. The zero-order valence-corrected chi connectivity index (χ0v) is 21.0. The molecule has 3 saturated heterocycles. The Bertz CT molecular complexity index is 1220. The molecule has 5 rings (SSSR count). The van der Waals surface area contributed by atoms with Crippen LogP contribution in [0.1, 0.15) is 41.6 Å². The summed E-state index contributed by atoms with van der Waals surface area (Å²) in [6, 6.07) is 14.2. The van der Waals surface area contributed by atoms with Crippen LogP contribution in [0.15, 0.2) is 48.5 Å². The Morgan fingerprint density at radius 2 is 1.65 bits per heavy atom. The van der Waals surface area contributed by atoms with Crippen LogP contribution in [0.4, 0.5) is 11.4 Å². The van der Waals surface area contributed by atoms with E-state index in [0.29, 0.717) is 38.2 Å². The van der Waals surface area contributed by atoms with Gasteiger partial charge in [0.2, 0.25) is 5.91 Å². The van der Waals surface area contributed by atoms with E-state index in [1.807, 2.05) is 35.2 Å². The van der Waals surface area contributed by atoms with Gasteiger partial charge in [-0.3, -0.25) is 24.5 Å². The molecule has 2 aromatic rings. The van der Waals surface area contributed by atoms with E-state index < -0.39 is 10.5 Å². The Morgan fingerprint density at radius 3 is 2.30 bits per heavy atom. The van der Waals surface area contributed by atoms with Gasteiger partial charge < -0.3 is 19.6 Å². The SMILES string of the molecule is Cc1ccc(C(=O)N2CCC3(CC2)C(=O)N(CC(=O)N2CCCC2)CN3c2ccccc2)cc1[N+](=O)[O-]. The topological polar surface area (TPSA) is 107 Å². The third-order valence-corrected chi connectivity index (χ3v) is 7.90. The first kappa shape index (κ1) is 24.7.